The number of aliphatic hydroxyl groups is 1. The van der Waals surface area contributed by atoms with Gasteiger partial charge in [-0.3, -0.25) is 19.4 Å². The van der Waals surface area contributed by atoms with Crippen LogP contribution >= 0.6 is 0 Å². The molecule has 190 valence electrons. The molecule has 0 aliphatic carbocycles. The molecule has 1 aliphatic rings. The number of carbonyl (C=O) groups is 2. The van der Waals surface area contributed by atoms with E-state index in [1.807, 2.05) is 18.3 Å². The third-order valence-electron chi connectivity index (χ3n) is 4.92. The highest BCUT2D eigenvalue weighted by Crippen LogP contribution is 2.15. The van der Waals surface area contributed by atoms with Crippen LogP contribution in [-0.4, -0.2) is 101 Å². The fourth-order valence-electron chi connectivity index (χ4n) is 3.35. The Balaban J connectivity index is 0.000000872. The molecule has 1 aromatic heterocycles. The smallest absolute Gasteiger partial charge is 0.290 e. The van der Waals surface area contributed by atoms with E-state index >= 15 is 0 Å². The summed E-state index contributed by atoms with van der Waals surface area (Å²) in [6.07, 6.45) is 5.78. The molecule has 0 atom stereocenters. The van der Waals surface area contributed by atoms with Gasteiger partial charge >= 0.3 is 0 Å². The molecule has 0 saturated carbocycles. The average molecular weight is 481 g/mol. The summed E-state index contributed by atoms with van der Waals surface area (Å²) in [7, 11) is 0. The zero-order valence-electron chi connectivity index (χ0n) is 19.4. The third kappa shape index (κ3) is 13.5. The van der Waals surface area contributed by atoms with E-state index in [1.54, 1.807) is 6.20 Å². The molecule has 1 saturated heterocycles. The Labute approximate surface area is 199 Å². The number of imidazole rings is 1. The predicted molar refractivity (Wildman–Crippen MR) is 126 cm³/mol. The highest BCUT2D eigenvalue weighted by molar-refractivity contribution is 5.33. The summed E-state index contributed by atoms with van der Waals surface area (Å²) >= 11 is 0. The second-order valence-electron chi connectivity index (χ2n) is 7.33. The minimum Gasteiger partial charge on any atom is -0.494 e. The van der Waals surface area contributed by atoms with Crippen molar-refractivity contribution in [1.29, 1.82) is 0 Å². The molecule has 0 spiro atoms. The number of morpholine rings is 1. The summed E-state index contributed by atoms with van der Waals surface area (Å²) in [6, 6.07) is 8.24. The SMILES string of the molecule is O=CO.O=CO.OCCN(Cc1ccc(OCCCCN2CCOCC2)cc1)Cc1ncc[nH]1. The highest BCUT2D eigenvalue weighted by atomic mass is 16.5. The Morgan fingerprint density at radius 2 is 1.76 bits per heavy atom. The first-order valence-corrected chi connectivity index (χ1v) is 11.2. The van der Waals surface area contributed by atoms with E-state index in [-0.39, 0.29) is 19.6 Å². The number of nitrogens with zero attached hydrogens (tertiary/aromatic N) is 3. The van der Waals surface area contributed by atoms with Gasteiger partial charge in [0.2, 0.25) is 0 Å². The Hall–Kier alpha value is -2.99. The quantitative estimate of drug-likeness (QED) is 0.259. The molecule has 11 heteroatoms. The number of unbranched alkanes of at least 4 members (excludes halogenated alkanes) is 1. The first-order valence-electron chi connectivity index (χ1n) is 11.2. The Bertz CT molecular complexity index is 732. The molecule has 2 aromatic rings. The van der Waals surface area contributed by atoms with Crippen molar-refractivity contribution in [3.8, 4) is 5.75 Å². The minimum absolute atomic E-state index is 0.131. The topological polar surface area (TPSA) is 148 Å². The number of hydrogen-bond acceptors (Lipinski definition) is 8. The van der Waals surface area contributed by atoms with E-state index in [4.69, 9.17) is 29.3 Å². The van der Waals surface area contributed by atoms with E-state index < -0.39 is 0 Å². The fourth-order valence-corrected chi connectivity index (χ4v) is 3.35. The molecule has 0 amide bonds. The van der Waals surface area contributed by atoms with Gasteiger partial charge in [-0.1, -0.05) is 12.1 Å². The summed E-state index contributed by atoms with van der Waals surface area (Å²) in [5.41, 5.74) is 1.19. The largest absolute Gasteiger partial charge is 0.494 e. The van der Waals surface area contributed by atoms with E-state index in [0.29, 0.717) is 13.1 Å². The molecule has 3 rings (SSSR count). The van der Waals surface area contributed by atoms with E-state index in [0.717, 1.165) is 70.4 Å². The Morgan fingerprint density at radius 3 is 2.35 bits per heavy atom. The lowest BCUT2D eigenvalue weighted by atomic mass is 10.2. The van der Waals surface area contributed by atoms with E-state index in [1.165, 1.54) is 5.56 Å². The van der Waals surface area contributed by atoms with Crippen molar-refractivity contribution in [1.82, 2.24) is 19.8 Å². The van der Waals surface area contributed by atoms with Crippen LogP contribution in [0.4, 0.5) is 0 Å². The first kappa shape index (κ1) is 29.0. The van der Waals surface area contributed by atoms with Crippen LogP contribution < -0.4 is 4.74 Å². The maximum atomic E-state index is 9.31. The lowest BCUT2D eigenvalue weighted by molar-refractivity contribution is -0.123. The number of H-pyrrole nitrogens is 1. The lowest BCUT2D eigenvalue weighted by Gasteiger charge is -2.26. The zero-order chi connectivity index (χ0) is 24.9. The normalized spacial score (nSPS) is 13.2. The van der Waals surface area contributed by atoms with Crippen molar-refractivity contribution in [2.24, 2.45) is 0 Å². The summed E-state index contributed by atoms with van der Waals surface area (Å²) in [6.45, 7) is 7.40. The molecular weight excluding hydrogens is 444 g/mol. The van der Waals surface area contributed by atoms with Crippen molar-refractivity contribution in [2.75, 3.05) is 52.6 Å². The fraction of sp³-hybridized carbons (Fsp3) is 0.522. The third-order valence-corrected chi connectivity index (χ3v) is 4.92. The number of aromatic amines is 1. The molecule has 0 bridgehead atoms. The summed E-state index contributed by atoms with van der Waals surface area (Å²) in [4.78, 5) is 28.7. The number of ether oxygens (including phenoxy) is 2. The van der Waals surface area contributed by atoms with Crippen molar-refractivity contribution in [3.05, 3.63) is 48.0 Å². The van der Waals surface area contributed by atoms with Gasteiger partial charge in [0.05, 0.1) is 33.0 Å². The second-order valence-corrected chi connectivity index (χ2v) is 7.33. The minimum atomic E-state index is -0.250. The second kappa shape index (κ2) is 19.5. The summed E-state index contributed by atoms with van der Waals surface area (Å²) in [5, 5.41) is 23.1. The van der Waals surface area contributed by atoms with Gasteiger partial charge in [-0.25, -0.2) is 4.98 Å². The van der Waals surface area contributed by atoms with E-state index in [9.17, 15) is 5.11 Å². The van der Waals surface area contributed by atoms with Crippen LogP contribution in [0.25, 0.3) is 0 Å². The monoisotopic (exact) mass is 480 g/mol. The number of nitrogens with one attached hydrogen (secondary N) is 1. The van der Waals surface area contributed by atoms with Gasteiger partial charge in [0.15, 0.2) is 0 Å². The molecule has 34 heavy (non-hydrogen) atoms. The van der Waals surface area contributed by atoms with Gasteiger partial charge < -0.3 is 29.8 Å². The van der Waals surface area contributed by atoms with Crippen LogP contribution in [0.5, 0.6) is 5.75 Å². The van der Waals surface area contributed by atoms with Gasteiger partial charge in [-0.15, -0.1) is 0 Å². The van der Waals surface area contributed by atoms with Crippen LogP contribution in [0, 0.1) is 0 Å². The van der Waals surface area contributed by atoms with Crippen LogP contribution in [0.2, 0.25) is 0 Å². The molecule has 0 radical (unpaired) electrons. The van der Waals surface area contributed by atoms with Crippen LogP contribution in [0.15, 0.2) is 36.7 Å². The summed E-state index contributed by atoms with van der Waals surface area (Å²) in [5.74, 6) is 1.82. The number of benzene rings is 1. The van der Waals surface area contributed by atoms with Gasteiger partial charge in [0.25, 0.3) is 12.9 Å². The van der Waals surface area contributed by atoms with Crippen molar-refractivity contribution < 1.29 is 34.4 Å². The molecule has 1 aliphatic heterocycles. The van der Waals surface area contributed by atoms with Crippen molar-refractivity contribution in [3.63, 3.8) is 0 Å². The molecule has 11 nitrogen and oxygen atoms in total. The average Bonchev–Trinajstić information content (AvgIpc) is 3.35. The molecule has 4 N–H and O–H groups in total. The van der Waals surface area contributed by atoms with Crippen LogP contribution in [0.3, 0.4) is 0 Å². The zero-order valence-corrected chi connectivity index (χ0v) is 19.4. The highest BCUT2D eigenvalue weighted by Gasteiger charge is 2.10. The molecular formula is C23H36N4O7. The Kier molecular flexibility index (Phi) is 16.6. The lowest BCUT2D eigenvalue weighted by Crippen LogP contribution is -2.36. The van der Waals surface area contributed by atoms with Crippen molar-refractivity contribution >= 4 is 12.9 Å². The molecule has 0 unspecified atom stereocenters. The number of carboxylic acid groups (broad SMARTS) is 2. The standard InChI is InChI=1S/C21H32N4O3.2CH2O2/c26-13-10-25(18-21-22-7-8-23-21)17-19-3-5-20(6-4-19)28-14-2-1-9-24-11-15-27-16-12-24;2*2-1-3/h3-8,26H,1-2,9-18H2,(H,22,23);2*1H,(H,2,3). The molecule has 2 heterocycles. The van der Waals surface area contributed by atoms with Crippen molar-refractivity contribution in [2.45, 2.75) is 25.9 Å². The van der Waals surface area contributed by atoms with Gasteiger partial charge in [0, 0.05) is 38.6 Å². The number of aromatic nitrogens is 2. The first-order chi connectivity index (χ1) is 16.7. The maximum absolute atomic E-state index is 9.31. The Morgan fingerprint density at radius 1 is 1.09 bits per heavy atom. The van der Waals surface area contributed by atoms with Crippen LogP contribution in [-0.2, 0) is 27.4 Å². The molecule has 1 fully saturated rings. The predicted octanol–water partition coefficient (Wildman–Crippen LogP) is 1.30. The number of aliphatic hydroxyl groups excluding tert-OH is 1. The number of hydrogen-bond donors (Lipinski definition) is 4. The summed E-state index contributed by atoms with van der Waals surface area (Å²) < 4.78 is 11.2. The van der Waals surface area contributed by atoms with Gasteiger partial charge in [-0.2, -0.15) is 0 Å². The van der Waals surface area contributed by atoms with Crippen LogP contribution in [0.1, 0.15) is 24.2 Å². The van der Waals surface area contributed by atoms with Gasteiger partial charge in [0.1, 0.15) is 11.6 Å². The maximum Gasteiger partial charge on any atom is 0.290 e. The number of rotatable bonds is 12. The molecule has 1 aromatic carbocycles. The van der Waals surface area contributed by atoms with E-state index in [2.05, 4.69) is 31.9 Å². The van der Waals surface area contributed by atoms with Gasteiger partial charge in [-0.05, 0) is 37.1 Å².